The summed E-state index contributed by atoms with van der Waals surface area (Å²) in [5, 5.41) is 2.49. The lowest BCUT2D eigenvalue weighted by Crippen LogP contribution is -2.14. The predicted octanol–water partition coefficient (Wildman–Crippen LogP) is 16.0. The Labute approximate surface area is 379 Å². The van der Waals surface area contributed by atoms with Crippen LogP contribution in [0.15, 0.2) is 231 Å². The van der Waals surface area contributed by atoms with Gasteiger partial charge < -0.3 is 9.47 Å². The minimum atomic E-state index is -0.0819. The number of nitrogens with zero attached hydrogens (tertiary/aromatic N) is 4. The Kier molecular flexibility index (Phi) is 9.13. The Morgan fingerprint density at radius 3 is 1.58 bits per heavy atom. The molecule has 2 aromatic heterocycles. The molecule has 0 saturated carbocycles. The first-order valence-electron chi connectivity index (χ1n) is 22.3. The Hall–Kier alpha value is -8.34. The van der Waals surface area contributed by atoms with E-state index >= 15 is 0 Å². The van der Waals surface area contributed by atoms with Crippen LogP contribution in [0, 0.1) is 0 Å². The molecule has 0 atom stereocenters. The van der Waals surface area contributed by atoms with Gasteiger partial charge in [-0.2, -0.15) is 0 Å². The van der Waals surface area contributed by atoms with E-state index in [-0.39, 0.29) is 5.41 Å². The molecule has 0 spiro atoms. The van der Waals surface area contributed by atoms with Gasteiger partial charge in [0, 0.05) is 50.1 Å². The maximum Gasteiger partial charge on any atom is 0.116 e. The molecule has 12 rings (SSSR count). The van der Waals surface area contributed by atoms with Gasteiger partial charge in [0.05, 0.1) is 22.4 Å². The second-order valence-corrected chi connectivity index (χ2v) is 17.5. The van der Waals surface area contributed by atoms with Crippen molar-refractivity contribution in [2.75, 3.05) is 4.90 Å². The van der Waals surface area contributed by atoms with Crippen molar-refractivity contribution in [3.63, 3.8) is 0 Å². The minimum Gasteiger partial charge on any atom is -0.311 e. The molecule has 0 unspecified atom stereocenters. The standard InChI is InChI=1S/C61H44N4/c1-61(2)55-19-11-9-17-51(55)52-35-27-46(38-56(52)61)58-39-57(62-40-63-58)44-25-33-50(34-26-44)64(48-29-21-42(22-30-48)41-13-5-3-6-14-41)49-31-23-43(24-32-49)45-28-36-60-54(37-45)53-18-10-12-20-59(53)65(60)47-15-7-4-8-16-47/h3-40H,1-2H3. The number of anilines is 3. The minimum absolute atomic E-state index is 0.0819. The van der Waals surface area contributed by atoms with Gasteiger partial charge in [0.1, 0.15) is 6.33 Å². The summed E-state index contributed by atoms with van der Waals surface area (Å²) in [5.41, 5.74) is 20.7. The molecule has 0 aliphatic heterocycles. The van der Waals surface area contributed by atoms with Crippen LogP contribution in [-0.4, -0.2) is 14.5 Å². The van der Waals surface area contributed by atoms with Gasteiger partial charge in [0.25, 0.3) is 0 Å². The maximum atomic E-state index is 4.76. The van der Waals surface area contributed by atoms with Crippen LogP contribution in [0.3, 0.4) is 0 Å². The first kappa shape index (κ1) is 38.3. The van der Waals surface area contributed by atoms with Crippen LogP contribution in [-0.2, 0) is 5.41 Å². The van der Waals surface area contributed by atoms with Crippen molar-refractivity contribution >= 4 is 38.9 Å². The van der Waals surface area contributed by atoms with Crippen molar-refractivity contribution < 1.29 is 0 Å². The average Bonchev–Trinajstić information content (AvgIpc) is 3.82. The molecule has 0 amide bonds. The molecule has 4 nitrogen and oxygen atoms in total. The van der Waals surface area contributed by atoms with Crippen molar-refractivity contribution in [2.45, 2.75) is 19.3 Å². The first-order valence-corrected chi connectivity index (χ1v) is 22.3. The van der Waals surface area contributed by atoms with E-state index in [0.29, 0.717) is 0 Å². The van der Waals surface area contributed by atoms with Crippen molar-refractivity contribution in [1.82, 2.24) is 14.5 Å². The van der Waals surface area contributed by atoms with Crippen molar-refractivity contribution in [1.29, 1.82) is 0 Å². The zero-order valence-corrected chi connectivity index (χ0v) is 36.2. The Bertz CT molecular complexity index is 3530. The van der Waals surface area contributed by atoms with E-state index in [1.165, 1.54) is 60.8 Å². The maximum absolute atomic E-state index is 4.76. The first-order chi connectivity index (χ1) is 32.0. The second kappa shape index (κ2) is 15.5. The molecule has 0 N–H and O–H groups in total. The number of benzene rings is 9. The molecule has 0 bridgehead atoms. The van der Waals surface area contributed by atoms with E-state index < -0.39 is 0 Å². The molecule has 2 heterocycles. The molecule has 65 heavy (non-hydrogen) atoms. The molecule has 1 aliphatic carbocycles. The van der Waals surface area contributed by atoms with Crippen LogP contribution in [0.25, 0.3) is 83.4 Å². The van der Waals surface area contributed by atoms with Crippen molar-refractivity contribution in [3.8, 4) is 61.6 Å². The van der Waals surface area contributed by atoms with Gasteiger partial charge in [-0.15, -0.1) is 0 Å². The summed E-state index contributed by atoms with van der Waals surface area (Å²) in [5.74, 6) is 0. The zero-order chi connectivity index (χ0) is 43.5. The summed E-state index contributed by atoms with van der Waals surface area (Å²) in [7, 11) is 0. The van der Waals surface area contributed by atoms with E-state index in [2.05, 4.69) is 248 Å². The largest absolute Gasteiger partial charge is 0.311 e. The number of aromatic nitrogens is 3. The number of rotatable bonds is 8. The molecule has 308 valence electrons. The van der Waals surface area contributed by atoms with Gasteiger partial charge in [0.2, 0.25) is 0 Å². The fourth-order valence-corrected chi connectivity index (χ4v) is 10.0. The zero-order valence-electron chi connectivity index (χ0n) is 36.2. The van der Waals surface area contributed by atoms with E-state index in [0.717, 1.165) is 50.8 Å². The van der Waals surface area contributed by atoms with Crippen molar-refractivity contribution in [2.24, 2.45) is 0 Å². The van der Waals surface area contributed by atoms with Crippen LogP contribution in [0.4, 0.5) is 17.1 Å². The third-order valence-electron chi connectivity index (χ3n) is 13.3. The number of hydrogen-bond acceptors (Lipinski definition) is 3. The third kappa shape index (κ3) is 6.61. The van der Waals surface area contributed by atoms with E-state index in [1.807, 2.05) is 0 Å². The second-order valence-electron chi connectivity index (χ2n) is 17.5. The molecule has 4 heteroatoms. The van der Waals surface area contributed by atoms with Crippen LogP contribution in [0.5, 0.6) is 0 Å². The fraction of sp³-hybridized carbons (Fsp3) is 0.0492. The Morgan fingerprint density at radius 2 is 0.877 bits per heavy atom. The molecule has 0 radical (unpaired) electrons. The lowest BCUT2D eigenvalue weighted by atomic mass is 9.82. The molecule has 0 saturated heterocycles. The van der Waals surface area contributed by atoms with Crippen LogP contribution in [0.2, 0.25) is 0 Å². The van der Waals surface area contributed by atoms with Gasteiger partial charge in [-0.1, -0.05) is 159 Å². The SMILES string of the molecule is CC1(C)c2ccccc2-c2ccc(-c3cc(-c4ccc(N(c5ccc(-c6ccccc6)cc5)c5ccc(-c6ccc7c(c6)c6ccccc6n7-c6ccccc6)cc5)cc4)ncn3)cc21. The Balaban J connectivity index is 0.885. The summed E-state index contributed by atoms with van der Waals surface area (Å²) in [6, 6.07) is 80.9. The van der Waals surface area contributed by atoms with Crippen LogP contribution < -0.4 is 4.90 Å². The highest BCUT2D eigenvalue weighted by atomic mass is 15.1. The highest BCUT2D eigenvalue weighted by Gasteiger charge is 2.35. The summed E-state index contributed by atoms with van der Waals surface area (Å²) < 4.78 is 2.36. The van der Waals surface area contributed by atoms with Gasteiger partial charge >= 0.3 is 0 Å². The molecular formula is C61H44N4. The quantitative estimate of drug-likeness (QED) is 0.153. The summed E-state index contributed by atoms with van der Waals surface area (Å²) in [6.45, 7) is 4.63. The highest BCUT2D eigenvalue weighted by Crippen LogP contribution is 2.49. The molecule has 0 fully saturated rings. The average molecular weight is 833 g/mol. The fourth-order valence-electron chi connectivity index (χ4n) is 10.0. The van der Waals surface area contributed by atoms with E-state index in [9.17, 15) is 0 Å². The lowest BCUT2D eigenvalue weighted by molar-refractivity contribution is 0.660. The lowest BCUT2D eigenvalue weighted by Gasteiger charge is -2.26. The number of fused-ring (bicyclic) bond motifs is 6. The van der Waals surface area contributed by atoms with Gasteiger partial charge in [-0.3, -0.25) is 0 Å². The van der Waals surface area contributed by atoms with Crippen LogP contribution in [0.1, 0.15) is 25.0 Å². The number of para-hydroxylation sites is 2. The Morgan fingerprint density at radius 1 is 0.369 bits per heavy atom. The molecular weight excluding hydrogens is 789 g/mol. The topological polar surface area (TPSA) is 34.0 Å². The third-order valence-corrected chi connectivity index (χ3v) is 13.3. The molecule has 9 aromatic carbocycles. The normalized spacial score (nSPS) is 12.6. The summed E-state index contributed by atoms with van der Waals surface area (Å²) in [6.07, 6.45) is 1.69. The van der Waals surface area contributed by atoms with E-state index in [1.54, 1.807) is 6.33 Å². The van der Waals surface area contributed by atoms with Gasteiger partial charge in [0.15, 0.2) is 0 Å². The number of hydrogen-bond donors (Lipinski definition) is 0. The molecule has 11 aromatic rings. The summed E-state index contributed by atoms with van der Waals surface area (Å²) >= 11 is 0. The van der Waals surface area contributed by atoms with Crippen LogP contribution >= 0.6 is 0 Å². The van der Waals surface area contributed by atoms with E-state index in [4.69, 9.17) is 9.97 Å². The highest BCUT2D eigenvalue weighted by molar-refractivity contribution is 6.10. The predicted molar refractivity (Wildman–Crippen MR) is 270 cm³/mol. The smallest absolute Gasteiger partial charge is 0.116 e. The van der Waals surface area contributed by atoms with Crippen molar-refractivity contribution in [3.05, 3.63) is 242 Å². The molecule has 1 aliphatic rings. The summed E-state index contributed by atoms with van der Waals surface area (Å²) in [4.78, 5) is 11.9. The van der Waals surface area contributed by atoms with Gasteiger partial charge in [-0.05, 0) is 123 Å². The monoisotopic (exact) mass is 832 g/mol. The van der Waals surface area contributed by atoms with Gasteiger partial charge in [-0.25, -0.2) is 9.97 Å².